The highest BCUT2D eigenvalue weighted by Crippen LogP contribution is 2.31. The minimum Gasteiger partial charge on any atom is -0.467 e. The lowest BCUT2D eigenvalue weighted by Gasteiger charge is -2.31. The van der Waals surface area contributed by atoms with Crippen molar-refractivity contribution in [2.24, 2.45) is 5.92 Å². The van der Waals surface area contributed by atoms with Gasteiger partial charge in [0.15, 0.2) is 0 Å². The normalized spacial score (nSPS) is 15.3. The molecule has 1 aromatic carbocycles. The Morgan fingerprint density at radius 3 is 2.54 bits per heavy atom. The number of carbonyl (C=O) groups is 2. The van der Waals surface area contributed by atoms with E-state index < -0.39 is 11.7 Å². The topological polar surface area (TPSA) is 74.6 Å². The van der Waals surface area contributed by atoms with E-state index in [2.05, 4.69) is 10.6 Å². The van der Waals surface area contributed by atoms with Crippen molar-refractivity contribution in [1.82, 2.24) is 10.2 Å². The maximum Gasteiger partial charge on any atom is 0.416 e. The van der Waals surface area contributed by atoms with E-state index in [1.807, 2.05) is 0 Å². The molecule has 2 aromatic rings. The molecule has 1 aromatic heterocycles. The van der Waals surface area contributed by atoms with Crippen LogP contribution in [0.5, 0.6) is 0 Å². The Bertz CT molecular complexity index is 813. The number of rotatable bonds is 4. The van der Waals surface area contributed by atoms with Crippen molar-refractivity contribution in [1.29, 1.82) is 0 Å². The van der Waals surface area contributed by atoms with Crippen molar-refractivity contribution in [2.75, 3.05) is 18.4 Å². The maximum absolute atomic E-state index is 12.8. The van der Waals surface area contributed by atoms with E-state index in [1.165, 1.54) is 18.4 Å². The fourth-order valence-electron chi connectivity index (χ4n) is 3.05. The van der Waals surface area contributed by atoms with Gasteiger partial charge in [0.25, 0.3) is 0 Å². The molecule has 1 fully saturated rings. The second-order valence-electron chi connectivity index (χ2n) is 6.57. The first-order valence-corrected chi connectivity index (χ1v) is 8.86. The van der Waals surface area contributed by atoms with E-state index in [1.54, 1.807) is 17.0 Å². The average Bonchev–Trinajstić information content (AvgIpc) is 3.19. The van der Waals surface area contributed by atoms with Crippen molar-refractivity contribution in [2.45, 2.75) is 25.6 Å². The highest BCUT2D eigenvalue weighted by atomic mass is 19.4. The summed E-state index contributed by atoms with van der Waals surface area (Å²) in [5, 5.41) is 5.29. The number of benzene rings is 1. The first-order valence-electron chi connectivity index (χ1n) is 8.86. The Labute approximate surface area is 159 Å². The van der Waals surface area contributed by atoms with Crippen LogP contribution >= 0.6 is 0 Å². The summed E-state index contributed by atoms with van der Waals surface area (Å²) in [5.41, 5.74) is -0.702. The molecule has 2 N–H and O–H groups in total. The van der Waals surface area contributed by atoms with Gasteiger partial charge in [-0.15, -0.1) is 0 Å². The largest absolute Gasteiger partial charge is 0.467 e. The summed E-state index contributed by atoms with van der Waals surface area (Å²) in [7, 11) is 0. The summed E-state index contributed by atoms with van der Waals surface area (Å²) in [6, 6.07) is 7.79. The molecule has 0 saturated carbocycles. The van der Waals surface area contributed by atoms with Gasteiger partial charge in [-0.05, 0) is 43.2 Å². The Morgan fingerprint density at radius 1 is 1.14 bits per heavy atom. The summed E-state index contributed by atoms with van der Waals surface area (Å²) in [6.45, 7) is 1.07. The molecule has 3 amide bonds. The molecule has 0 radical (unpaired) electrons. The number of urea groups is 1. The lowest BCUT2D eigenvalue weighted by atomic mass is 9.96. The second-order valence-corrected chi connectivity index (χ2v) is 6.57. The van der Waals surface area contributed by atoms with E-state index >= 15 is 0 Å². The number of piperidine rings is 1. The minimum absolute atomic E-state index is 0.110. The van der Waals surface area contributed by atoms with Gasteiger partial charge in [-0.3, -0.25) is 4.79 Å². The molecule has 0 aliphatic carbocycles. The average molecular weight is 395 g/mol. The summed E-state index contributed by atoms with van der Waals surface area (Å²) >= 11 is 0. The molecule has 150 valence electrons. The lowest BCUT2D eigenvalue weighted by Crippen LogP contribution is -2.45. The van der Waals surface area contributed by atoms with Gasteiger partial charge in [0.2, 0.25) is 5.91 Å². The number of carbonyl (C=O) groups excluding carboxylic acids is 2. The van der Waals surface area contributed by atoms with Crippen LogP contribution in [0.4, 0.5) is 23.7 Å². The molecule has 0 atom stereocenters. The van der Waals surface area contributed by atoms with Crippen LogP contribution in [-0.4, -0.2) is 29.9 Å². The second kappa shape index (κ2) is 8.37. The van der Waals surface area contributed by atoms with E-state index in [0.717, 1.165) is 12.1 Å². The third kappa shape index (κ3) is 5.05. The first-order chi connectivity index (χ1) is 13.3. The summed E-state index contributed by atoms with van der Waals surface area (Å²) < 4.78 is 43.5. The third-order valence-corrected chi connectivity index (χ3v) is 4.60. The lowest BCUT2D eigenvalue weighted by molar-refractivity contribution is -0.137. The van der Waals surface area contributed by atoms with Gasteiger partial charge in [0.05, 0.1) is 18.4 Å². The number of halogens is 3. The smallest absolute Gasteiger partial charge is 0.416 e. The molecular formula is C19H20F3N3O3. The molecule has 1 aliphatic rings. The highest BCUT2D eigenvalue weighted by Gasteiger charge is 2.31. The number of hydrogen-bond acceptors (Lipinski definition) is 3. The van der Waals surface area contributed by atoms with Gasteiger partial charge < -0.3 is 20.0 Å². The number of anilines is 1. The van der Waals surface area contributed by atoms with Crippen LogP contribution in [0.1, 0.15) is 24.2 Å². The molecule has 1 aliphatic heterocycles. The Morgan fingerprint density at radius 2 is 1.89 bits per heavy atom. The number of nitrogens with zero attached hydrogens (tertiary/aromatic N) is 1. The molecule has 0 bridgehead atoms. The highest BCUT2D eigenvalue weighted by molar-refractivity contribution is 5.92. The zero-order valence-electron chi connectivity index (χ0n) is 15.0. The molecule has 3 rings (SSSR count). The molecule has 6 nitrogen and oxygen atoms in total. The zero-order chi connectivity index (χ0) is 20.1. The predicted molar refractivity (Wildman–Crippen MR) is 95.3 cm³/mol. The van der Waals surface area contributed by atoms with Crippen molar-refractivity contribution in [3.63, 3.8) is 0 Å². The van der Waals surface area contributed by atoms with Gasteiger partial charge in [-0.2, -0.15) is 13.2 Å². The summed E-state index contributed by atoms with van der Waals surface area (Å²) in [6.07, 6.45) is -2.05. The van der Waals surface area contributed by atoms with Crippen molar-refractivity contribution in [3.05, 3.63) is 54.0 Å². The molecule has 2 heterocycles. The first kappa shape index (κ1) is 19.8. The van der Waals surface area contributed by atoms with E-state index in [9.17, 15) is 22.8 Å². The third-order valence-electron chi connectivity index (χ3n) is 4.60. The molecule has 0 spiro atoms. The number of amides is 3. The summed E-state index contributed by atoms with van der Waals surface area (Å²) in [4.78, 5) is 26.1. The Kier molecular flexibility index (Phi) is 5.91. The minimum atomic E-state index is -4.46. The fourth-order valence-corrected chi connectivity index (χ4v) is 3.05. The van der Waals surface area contributed by atoms with E-state index in [0.29, 0.717) is 31.7 Å². The van der Waals surface area contributed by atoms with Crippen LogP contribution in [0.2, 0.25) is 0 Å². The quantitative estimate of drug-likeness (QED) is 0.826. The monoisotopic (exact) mass is 395 g/mol. The van der Waals surface area contributed by atoms with Crippen molar-refractivity contribution >= 4 is 17.6 Å². The molecule has 0 unspecified atom stereocenters. The van der Waals surface area contributed by atoms with Crippen LogP contribution < -0.4 is 10.6 Å². The van der Waals surface area contributed by atoms with Crippen molar-refractivity contribution < 1.29 is 27.2 Å². The van der Waals surface area contributed by atoms with E-state index in [-0.39, 0.29) is 30.1 Å². The molecule has 9 heteroatoms. The van der Waals surface area contributed by atoms with Crippen LogP contribution in [0, 0.1) is 5.92 Å². The maximum atomic E-state index is 12.8. The predicted octanol–water partition coefficient (Wildman–Crippen LogP) is 3.86. The Balaban J connectivity index is 1.48. The number of alkyl halides is 3. The van der Waals surface area contributed by atoms with Crippen LogP contribution in [0.15, 0.2) is 47.1 Å². The van der Waals surface area contributed by atoms with Gasteiger partial charge in [0.1, 0.15) is 5.76 Å². The van der Waals surface area contributed by atoms with Gasteiger partial charge in [0, 0.05) is 24.7 Å². The number of nitrogens with one attached hydrogen (secondary N) is 2. The number of hydrogen-bond donors (Lipinski definition) is 2. The van der Waals surface area contributed by atoms with Crippen LogP contribution in [-0.2, 0) is 17.5 Å². The van der Waals surface area contributed by atoms with Gasteiger partial charge >= 0.3 is 12.2 Å². The number of furan rings is 1. The van der Waals surface area contributed by atoms with Crippen LogP contribution in [0.25, 0.3) is 0 Å². The van der Waals surface area contributed by atoms with Crippen LogP contribution in [0.3, 0.4) is 0 Å². The molecular weight excluding hydrogens is 375 g/mol. The van der Waals surface area contributed by atoms with E-state index in [4.69, 9.17) is 4.42 Å². The van der Waals surface area contributed by atoms with Crippen molar-refractivity contribution in [3.8, 4) is 0 Å². The summed E-state index contributed by atoms with van der Waals surface area (Å²) in [5.74, 6) is -0.0534. The number of likely N-dealkylation sites (tertiary alicyclic amines) is 1. The molecule has 1 saturated heterocycles. The fraction of sp³-hybridized carbons (Fsp3) is 0.368. The molecule has 28 heavy (non-hydrogen) atoms. The Hall–Kier alpha value is -2.97. The van der Waals surface area contributed by atoms with Gasteiger partial charge in [-0.25, -0.2) is 4.79 Å². The SMILES string of the molecule is O=C(Nc1cccc(C(F)(F)F)c1)C1CCN(C(=O)NCc2ccco2)CC1. The van der Waals surface area contributed by atoms with Gasteiger partial charge in [-0.1, -0.05) is 6.07 Å². The standard InChI is InChI=1S/C19H20F3N3O3/c20-19(21,22)14-3-1-4-15(11-14)24-17(26)13-6-8-25(9-7-13)18(27)23-12-16-5-2-10-28-16/h1-5,10-11,13H,6-9,12H2,(H,23,27)(H,24,26). The zero-order valence-corrected chi connectivity index (χ0v) is 15.0.